The molecule has 0 aliphatic carbocycles. The number of ether oxygens (including phenoxy) is 1. The number of methoxy groups -OCH3 is 1. The van der Waals surface area contributed by atoms with E-state index in [2.05, 4.69) is 40.0 Å². The zero-order valence-electron chi connectivity index (χ0n) is 37.0. The fourth-order valence-corrected chi connectivity index (χ4v) is 11.2. The molecule has 2 atom stereocenters. The number of imide groups is 1. The number of amides is 3. The predicted molar refractivity (Wildman–Crippen MR) is 243 cm³/mol. The van der Waals surface area contributed by atoms with Gasteiger partial charge in [0.05, 0.1) is 23.9 Å². The van der Waals surface area contributed by atoms with Crippen LogP contribution in [0.1, 0.15) is 63.9 Å². The van der Waals surface area contributed by atoms with Crippen molar-refractivity contribution in [3.05, 3.63) is 89.0 Å². The van der Waals surface area contributed by atoms with Crippen molar-refractivity contribution in [2.75, 3.05) is 80.5 Å². The summed E-state index contributed by atoms with van der Waals surface area (Å²) in [6.45, 7) is 5.65. The number of aromatic amines is 1. The summed E-state index contributed by atoms with van der Waals surface area (Å²) < 4.78 is 78.8. The molecule has 10 rings (SSSR count). The number of nitrogens with one attached hydrogen (secondary N) is 3. The number of alkyl halides is 1. The molecule has 4 fully saturated rings. The number of fused-ring (bicyclic) bond motifs is 2. The van der Waals surface area contributed by atoms with Gasteiger partial charge < -0.3 is 24.4 Å². The Hall–Kier alpha value is -6.65. The summed E-state index contributed by atoms with van der Waals surface area (Å²) in [4.78, 5) is 76.6. The van der Waals surface area contributed by atoms with Crippen LogP contribution in [-0.2, 0) is 26.3 Å². The SMILES string of the molecule is COc1cc(N2CCN(CC3CCN(c4ncc(-c5cnc6[nH]cc(C(=O)c7c(F)ccc(NS(=O)(=O)N8CC[C@@H](F)C8)c7F)c6c5)cn4)CC3)CC2)cc2c1C(=O)N(C1CCC(=O)NC1=O)C2. The van der Waals surface area contributed by atoms with E-state index in [0.29, 0.717) is 40.7 Å². The first-order valence-corrected chi connectivity index (χ1v) is 24.0. The Morgan fingerprint density at radius 1 is 0.897 bits per heavy atom. The van der Waals surface area contributed by atoms with Crippen LogP contribution >= 0.6 is 0 Å². The zero-order chi connectivity index (χ0) is 47.4. The van der Waals surface area contributed by atoms with E-state index in [1.165, 1.54) is 11.1 Å². The molecule has 2 aromatic carbocycles. The number of hydrogen-bond donors (Lipinski definition) is 3. The number of carbonyl (C=O) groups is 4. The van der Waals surface area contributed by atoms with Gasteiger partial charge in [-0.15, -0.1) is 0 Å². The average molecular weight is 956 g/mol. The Balaban J connectivity index is 0.738. The van der Waals surface area contributed by atoms with E-state index < -0.39 is 63.5 Å². The molecule has 3 N–H and O–H groups in total. The van der Waals surface area contributed by atoms with Gasteiger partial charge in [-0.3, -0.25) is 34.1 Å². The van der Waals surface area contributed by atoms with Crippen LogP contribution in [0.5, 0.6) is 5.75 Å². The summed E-state index contributed by atoms with van der Waals surface area (Å²) in [6, 6.07) is 6.53. The third kappa shape index (κ3) is 8.59. The lowest BCUT2D eigenvalue weighted by atomic mass is 9.96. The maximum absolute atomic E-state index is 15.8. The summed E-state index contributed by atoms with van der Waals surface area (Å²) >= 11 is 0. The highest BCUT2D eigenvalue weighted by atomic mass is 32.2. The number of piperidine rings is 2. The van der Waals surface area contributed by atoms with Gasteiger partial charge in [-0.25, -0.2) is 28.1 Å². The third-order valence-corrected chi connectivity index (χ3v) is 15.2. The quantitative estimate of drug-likeness (QED) is 0.120. The first-order chi connectivity index (χ1) is 32.7. The molecule has 22 heteroatoms. The number of hydrogen-bond acceptors (Lipinski definition) is 13. The molecule has 1 unspecified atom stereocenters. The van der Waals surface area contributed by atoms with Gasteiger partial charge in [-0.1, -0.05) is 0 Å². The number of anilines is 3. The molecule has 68 heavy (non-hydrogen) atoms. The molecule has 5 aliphatic rings. The summed E-state index contributed by atoms with van der Waals surface area (Å²) in [6.07, 6.45) is 7.22. The Labute approximate surface area is 389 Å². The third-order valence-electron chi connectivity index (χ3n) is 13.7. The number of pyridine rings is 1. The normalized spacial score (nSPS) is 20.9. The monoisotopic (exact) mass is 955 g/mol. The largest absolute Gasteiger partial charge is 0.496 e. The highest BCUT2D eigenvalue weighted by Crippen LogP contribution is 2.38. The number of H-pyrrole nitrogens is 1. The number of benzene rings is 2. The lowest BCUT2D eigenvalue weighted by Crippen LogP contribution is -2.52. The molecule has 5 aliphatic heterocycles. The van der Waals surface area contributed by atoms with Crippen molar-refractivity contribution in [2.45, 2.75) is 50.9 Å². The van der Waals surface area contributed by atoms with Crippen LogP contribution in [0.25, 0.3) is 22.2 Å². The van der Waals surface area contributed by atoms with Crippen LogP contribution in [0, 0.1) is 17.6 Å². The van der Waals surface area contributed by atoms with Crippen molar-refractivity contribution >= 4 is 62.1 Å². The maximum atomic E-state index is 15.8. The van der Waals surface area contributed by atoms with E-state index in [0.717, 1.165) is 86.3 Å². The molecule has 0 saturated carbocycles. The second-order valence-electron chi connectivity index (χ2n) is 17.9. The van der Waals surface area contributed by atoms with E-state index in [4.69, 9.17) is 4.74 Å². The fraction of sp³-hybridized carbons (Fsp3) is 0.413. The molecule has 4 saturated heterocycles. The smallest absolute Gasteiger partial charge is 0.301 e. The topological polar surface area (TPSA) is 206 Å². The molecule has 356 valence electrons. The summed E-state index contributed by atoms with van der Waals surface area (Å²) in [5.41, 5.74) is 1.98. The van der Waals surface area contributed by atoms with Crippen molar-refractivity contribution in [3.63, 3.8) is 0 Å². The number of rotatable bonds is 12. The van der Waals surface area contributed by atoms with Gasteiger partial charge in [0.1, 0.15) is 29.4 Å². The number of ketones is 1. The van der Waals surface area contributed by atoms with Crippen LogP contribution in [0.2, 0.25) is 0 Å². The van der Waals surface area contributed by atoms with E-state index in [9.17, 15) is 32.0 Å². The molecular formula is C46H48F3N11O7S. The molecule has 8 heterocycles. The molecule has 5 aromatic rings. The minimum absolute atomic E-state index is 0.00647. The van der Waals surface area contributed by atoms with Crippen molar-refractivity contribution in [1.82, 2.24) is 39.4 Å². The molecule has 3 amide bonds. The average Bonchev–Trinajstić information content (AvgIpc) is 4.07. The standard InChI is InChI=1S/C46H48F3N11O7S/c1-67-37-18-31(16-28-24-60(45(64)39(28)37)36-4-5-38(61)54-44(36)63)57-14-12-56(13-15-57)23-26-6-9-58(10-7-26)46-52-20-29(21-53-46)27-17-32-33(22-51-43(32)50-19-27)42(62)40-34(48)2-3-35(41(40)49)55-68(65,66)59-11-8-30(47)25-59/h2-3,16-22,26,30,36,55H,4-15,23-25H2,1H3,(H,50,51)(H,54,61,63)/t30-,36?/m1/s1. The van der Waals surface area contributed by atoms with Crippen LogP contribution < -0.4 is 24.6 Å². The molecule has 0 bridgehead atoms. The van der Waals surface area contributed by atoms with Crippen LogP contribution in [0.3, 0.4) is 0 Å². The van der Waals surface area contributed by atoms with Gasteiger partial charge in [0.25, 0.3) is 5.91 Å². The highest BCUT2D eigenvalue weighted by Gasteiger charge is 2.41. The second-order valence-corrected chi connectivity index (χ2v) is 19.5. The second kappa shape index (κ2) is 18.1. The van der Waals surface area contributed by atoms with Crippen LogP contribution in [0.4, 0.5) is 30.5 Å². The highest BCUT2D eigenvalue weighted by molar-refractivity contribution is 7.90. The van der Waals surface area contributed by atoms with Gasteiger partial charge in [0, 0.05) is 130 Å². The van der Waals surface area contributed by atoms with E-state index in [1.807, 2.05) is 16.9 Å². The number of halogens is 3. The van der Waals surface area contributed by atoms with Crippen molar-refractivity contribution < 1.29 is 45.5 Å². The van der Waals surface area contributed by atoms with E-state index >= 15 is 8.78 Å². The zero-order valence-corrected chi connectivity index (χ0v) is 37.8. The molecule has 3 aromatic heterocycles. The Bertz CT molecular complexity index is 2940. The minimum atomic E-state index is -4.37. The minimum Gasteiger partial charge on any atom is -0.496 e. The first-order valence-electron chi connectivity index (χ1n) is 22.6. The van der Waals surface area contributed by atoms with Crippen molar-refractivity contribution in [1.29, 1.82) is 0 Å². The van der Waals surface area contributed by atoms with Gasteiger partial charge in [0.2, 0.25) is 23.5 Å². The summed E-state index contributed by atoms with van der Waals surface area (Å²) in [5, 5.41) is 2.63. The Morgan fingerprint density at radius 3 is 2.35 bits per heavy atom. The van der Waals surface area contributed by atoms with Crippen LogP contribution in [0.15, 0.2) is 55.1 Å². The molecule has 18 nitrogen and oxygen atoms in total. The van der Waals surface area contributed by atoms with E-state index in [-0.39, 0.29) is 54.3 Å². The lowest BCUT2D eigenvalue weighted by Gasteiger charge is -2.39. The number of aromatic nitrogens is 4. The fourth-order valence-electron chi connectivity index (χ4n) is 9.93. The summed E-state index contributed by atoms with van der Waals surface area (Å²) in [5.74, 6) is -3.12. The molecular weight excluding hydrogens is 908 g/mol. The van der Waals surface area contributed by atoms with Gasteiger partial charge in [-0.05, 0) is 61.4 Å². The number of carbonyl (C=O) groups excluding carboxylic acids is 4. The summed E-state index contributed by atoms with van der Waals surface area (Å²) in [7, 11) is -2.83. The van der Waals surface area contributed by atoms with Crippen molar-refractivity contribution in [2.24, 2.45) is 5.92 Å². The van der Waals surface area contributed by atoms with E-state index in [1.54, 1.807) is 31.8 Å². The Kier molecular flexibility index (Phi) is 12.0. The molecule has 0 spiro atoms. The van der Waals surface area contributed by atoms with Gasteiger partial charge in [0.15, 0.2) is 5.82 Å². The predicted octanol–water partition coefficient (Wildman–Crippen LogP) is 4.04. The van der Waals surface area contributed by atoms with Crippen molar-refractivity contribution in [3.8, 4) is 16.9 Å². The number of piperazine rings is 1. The molecule has 0 radical (unpaired) electrons. The number of nitrogens with zero attached hydrogens (tertiary/aromatic N) is 8. The maximum Gasteiger partial charge on any atom is 0.301 e. The van der Waals surface area contributed by atoms with Gasteiger partial charge in [-0.2, -0.15) is 12.7 Å². The van der Waals surface area contributed by atoms with Gasteiger partial charge >= 0.3 is 10.2 Å². The first kappa shape index (κ1) is 45.1. The lowest BCUT2D eigenvalue weighted by molar-refractivity contribution is -0.136. The van der Waals surface area contributed by atoms with Crippen LogP contribution in [-0.4, -0.2) is 144 Å². The Morgan fingerprint density at radius 2 is 1.65 bits per heavy atom.